The molecule has 0 aromatic carbocycles. The van der Waals surface area contributed by atoms with Gasteiger partial charge in [0.2, 0.25) is 11.9 Å². The van der Waals surface area contributed by atoms with Gasteiger partial charge in [-0.15, -0.1) is 5.10 Å². The van der Waals surface area contributed by atoms with Gasteiger partial charge in [0, 0.05) is 39.4 Å². The summed E-state index contributed by atoms with van der Waals surface area (Å²) in [5, 5.41) is 7.63. The highest BCUT2D eigenvalue weighted by molar-refractivity contribution is 9.10. The first-order valence-electron chi connectivity index (χ1n) is 6.85. The van der Waals surface area contributed by atoms with Crippen molar-refractivity contribution in [1.82, 2.24) is 24.8 Å². The zero-order valence-corrected chi connectivity index (χ0v) is 13.4. The fourth-order valence-corrected chi connectivity index (χ4v) is 2.73. The van der Waals surface area contributed by atoms with Crippen LogP contribution in [0.1, 0.15) is 0 Å². The number of aromatic nitrogens is 3. The van der Waals surface area contributed by atoms with Crippen LogP contribution in [0.25, 0.3) is 5.65 Å². The Hall–Kier alpha value is -1.67. The van der Waals surface area contributed by atoms with Crippen LogP contribution in [0.4, 0.5) is 5.95 Å². The van der Waals surface area contributed by atoms with E-state index in [0.717, 1.165) is 36.3 Å². The van der Waals surface area contributed by atoms with E-state index in [4.69, 9.17) is 0 Å². The molecule has 0 spiro atoms. The van der Waals surface area contributed by atoms with Crippen molar-refractivity contribution in [1.29, 1.82) is 0 Å². The first kappa shape index (κ1) is 14.3. The first-order valence-corrected chi connectivity index (χ1v) is 7.65. The summed E-state index contributed by atoms with van der Waals surface area (Å²) >= 11 is 3.45. The van der Waals surface area contributed by atoms with Crippen molar-refractivity contribution in [3.05, 3.63) is 22.8 Å². The van der Waals surface area contributed by atoms with Crippen LogP contribution in [0.15, 0.2) is 22.8 Å². The van der Waals surface area contributed by atoms with Crippen molar-refractivity contribution in [2.45, 2.75) is 0 Å². The van der Waals surface area contributed by atoms with Gasteiger partial charge in [-0.1, -0.05) is 0 Å². The summed E-state index contributed by atoms with van der Waals surface area (Å²) in [5.41, 5.74) is 0.744. The van der Waals surface area contributed by atoms with Crippen molar-refractivity contribution in [2.75, 3.05) is 44.7 Å². The number of anilines is 1. The van der Waals surface area contributed by atoms with Gasteiger partial charge in [-0.3, -0.25) is 4.79 Å². The molecule has 1 N–H and O–H groups in total. The molecule has 1 aliphatic rings. The van der Waals surface area contributed by atoms with Crippen LogP contribution >= 0.6 is 15.9 Å². The monoisotopic (exact) mass is 352 g/mol. The Morgan fingerprint density at radius 2 is 2.24 bits per heavy atom. The second-order valence-electron chi connectivity index (χ2n) is 5.02. The molecule has 1 aliphatic heterocycles. The number of piperazine rings is 1. The Morgan fingerprint density at radius 3 is 2.95 bits per heavy atom. The highest BCUT2D eigenvalue weighted by Gasteiger charge is 2.19. The molecular formula is C13H17BrN6O. The summed E-state index contributed by atoms with van der Waals surface area (Å²) in [6.07, 6.45) is 1.84. The summed E-state index contributed by atoms with van der Waals surface area (Å²) in [4.78, 5) is 20.4. The van der Waals surface area contributed by atoms with Crippen LogP contribution < -0.4 is 10.2 Å². The van der Waals surface area contributed by atoms with E-state index in [1.807, 2.05) is 30.3 Å². The van der Waals surface area contributed by atoms with Gasteiger partial charge in [-0.25, -0.2) is 4.52 Å². The summed E-state index contributed by atoms with van der Waals surface area (Å²) in [7, 11) is 1.84. The number of amides is 1. The van der Waals surface area contributed by atoms with Crippen LogP contribution in [0, 0.1) is 0 Å². The van der Waals surface area contributed by atoms with Crippen LogP contribution in [0.5, 0.6) is 0 Å². The van der Waals surface area contributed by atoms with E-state index in [1.54, 1.807) is 9.42 Å². The molecule has 2 aromatic rings. The SMILES string of the molecule is CN(CC(=O)N1CCNCC1)c1nc2c(Br)cccn2n1. The Morgan fingerprint density at radius 1 is 1.48 bits per heavy atom. The molecular weight excluding hydrogens is 336 g/mol. The summed E-state index contributed by atoms with van der Waals surface area (Å²) in [6, 6.07) is 3.81. The molecule has 1 fully saturated rings. The van der Waals surface area contributed by atoms with Crippen LogP contribution in [-0.4, -0.2) is 65.2 Å². The average Bonchev–Trinajstić information content (AvgIpc) is 2.94. The highest BCUT2D eigenvalue weighted by Crippen LogP contribution is 2.18. The zero-order chi connectivity index (χ0) is 14.8. The first-order chi connectivity index (χ1) is 10.1. The number of carbonyl (C=O) groups excluding carboxylic acids is 1. The lowest BCUT2D eigenvalue weighted by molar-refractivity contribution is -0.130. The average molecular weight is 353 g/mol. The van der Waals surface area contributed by atoms with Crippen molar-refractivity contribution < 1.29 is 4.79 Å². The number of pyridine rings is 1. The van der Waals surface area contributed by atoms with Crippen molar-refractivity contribution >= 4 is 33.4 Å². The number of nitrogens with zero attached hydrogens (tertiary/aromatic N) is 5. The topological polar surface area (TPSA) is 65.8 Å². The van der Waals surface area contributed by atoms with Crippen LogP contribution in [0.3, 0.4) is 0 Å². The number of rotatable bonds is 3. The summed E-state index contributed by atoms with van der Waals surface area (Å²) in [5.74, 6) is 0.655. The number of carbonyl (C=O) groups is 1. The third-order valence-electron chi connectivity index (χ3n) is 3.49. The number of hydrogen-bond acceptors (Lipinski definition) is 5. The smallest absolute Gasteiger partial charge is 0.245 e. The normalized spacial score (nSPS) is 15.4. The molecule has 0 atom stereocenters. The fourth-order valence-electron chi connectivity index (χ4n) is 2.31. The minimum Gasteiger partial charge on any atom is -0.339 e. The molecule has 0 bridgehead atoms. The van der Waals surface area contributed by atoms with Crippen LogP contribution in [0.2, 0.25) is 0 Å². The zero-order valence-electron chi connectivity index (χ0n) is 11.8. The maximum absolute atomic E-state index is 12.2. The van der Waals surface area contributed by atoms with Gasteiger partial charge in [0.1, 0.15) is 0 Å². The number of fused-ring (bicyclic) bond motifs is 1. The Bertz CT molecular complexity index is 651. The van der Waals surface area contributed by atoms with E-state index >= 15 is 0 Å². The third kappa shape index (κ3) is 3.01. The predicted octanol–water partition coefficient (Wildman–Crippen LogP) is 0.360. The molecule has 3 heterocycles. The molecule has 112 valence electrons. The van der Waals surface area contributed by atoms with E-state index in [2.05, 4.69) is 31.3 Å². The van der Waals surface area contributed by atoms with Gasteiger partial charge in [0.05, 0.1) is 11.0 Å². The molecule has 0 radical (unpaired) electrons. The molecule has 0 unspecified atom stereocenters. The molecule has 1 amide bonds. The van der Waals surface area contributed by atoms with Gasteiger partial charge >= 0.3 is 0 Å². The second-order valence-corrected chi connectivity index (χ2v) is 5.88. The van der Waals surface area contributed by atoms with E-state index in [0.29, 0.717) is 5.95 Å². The minimum atomic E-state index is 0.108. The molecule has 8 heteroatoms. The fraction of sp³-hybridized carbons (Fsp3) is 0.462. The van der Waals surface area contributed by atoms with Crippen molar-refractivity contribution in [2.24, 2.45) is 0 Å². The standard InChI is InChI=1S/C13H17BrN6O/c1-18(9-11(21)19-7-4-15-5-8-19)13-16-12-10(14)3-2-6-20(12)17-13/h2-3,6,15H,4-5,7-9H2,1H3. The summed E-state index contributed by atoms with van der Waals surface area (Å²) in [6.45, 7) is 3.52. The molecule has 0 saturated carbocycles. The largest absolute Gasteiger partial charge is 0.339 e. The molecule has 1 saturated heterocycles. The Labute approximate surface area is 131 Å². The molecule has 21 heavy (non-hydrogen) atoms. The Kier molecular flexibility index (Phi) is 4.07. The van der Waals surface area contributed by atoms with E-state index in [-0.39, 0.29) is 12.5 Å². The van der Waals surface area contributed by atoms with Crippen LogP contribution in [-0.2, 0) is 4.79 Å². The quantitative estimate of drug-likeness (QED) is 0.863. The van der Waals surface area contributed by atoms with Gasteiger partial charge in [0.25, 0.3) is 0 Å². The van der Waals surface area contributed by atoms with E-state index < -0.39 is 0 Å². The lowest BCUT2D eigenvalue weighted by atomic mass is 10.3. The molecule has 7 nitrogen and oxygen atoms in total. The maximum Gasteiger partial charge on any atom is 0.245 e. The van der Waals surface area contributed by atoms with Crippen molar-refractivity contribution in [3.63, 3.8) is 0 Å². The molecule has 3 rings (SSSR count). The lowest BCUT2D eigenvalue weighted by Crippen LogP contribution is -2.49. The second kappa shape index (κ2) is 5.98. The number of likely N-dealkylation sites (N-methyl/N-ethyl adjacent to an activating group) is 1. The van der Waals surface area contributed by atoms with Gasteiger partial charge in [-0.2, -0.15) is 4.98 Å². The van der Waals surface area contributed by atoms with E-state index in [1.165, 1.54) is 0 Å². The third-order valence-corrected chi connectivity index (χ3v) is 4.11. The molecule has 0 aliphatic carbocycles. The Balaban J connectivity index is 1.72. The maximum atomic E-state index is 12.2. The predicted molar refractivity (Wildman–Crippen MR) is 83.4 cm³/mol. The van der Waals surface area contributed by atoms with Crippen molar-refractivity contribution in [3.8, 4) is 0 Å². The van der Waals surface area contributed by atoms with Gasteiger partial charge in [0.15, 0.2) is 5.65 Å². The van der Waals surface area contributed by atoms with Gasteiger partial charge < -0.3 is 15.1 Å². The minimum absolute atomic E-state index is 0.108. The number of halogens is 1. The lowest BCUT2D eigenvalue weighted by Gasteiger charge is -2.28. The van der Waals surface area contributed by atoms with E-state index in [9.17, 15) is 4.79 Å². The van der Waals surface area contributed by atoms with Gasteiger partial charge in [-0.05, 0) is 28.1 Å². The molecule has 2 aromatic heterocycles. The number of nitrogens with one attached hydrogen (secondary N) is 1. The summed E-state index contributed by atoms with van der Waals surface area (Å²) < 4.78 is 2.58. The highest BCUT2D eigenvalue weighted by atomic mass is 79.9. The number of hydrogen-bond donors (Lipinski definition) is 1.